The minimum absolute atomic E-state index is 0.129. The lowest BCUT2D eigenvalue weighted by Gasteiger charge is -2.33. The Morgan fingerprint density at radius 3 is 2.21 bits per heavy atom. The zero-order valence-corrected chi connectivity index (χ0v) is 13.3. The van der Waals surface area contributed by atoms with Crippen LogP contribution in [0.1, 0.15) is 11.1 Å². The molecule has 2 amide bonds. The van der Waals surface area contributed by atoms with E-state index >= 15 is 0 Å². The maximum atomic E-state index is 13.7. The number of benzene rings is 2. The molecule has 0 aliphatic carbocycles. The molecule has 3 rings (SSSR count). The van der Waals surface area contributed by atoms with Gasteiger partial charge in [0.2, 0.25) is 0 Å². The average Bonchev–Trinajstić information content (AvgIpc) is 2.61. The van der Waals surface area contributed by atoms with Crippen molar-refractivity contribution >= 4 is 11.8 Å². The van der Waals surface area contributed by atoms with E-state index in [1.807, 2.05) is 30.3 Å². The Hall–Kier alpha value is -2.69. The largest absolute Gasteiger partial charge is 0.332 e. The van der Waals surface area contributed by atoms with Gasteiger partial charge in [-0.25, -0.2) is 4.39 Å². The maximum Gasteiger partial charge on any atom is 0.312 e. The highest BCUT2D eigenvalue weighted by atomic mass is 19.1. The SMILES string of the molecule is O=C1C(=O)N(Cc2ccccc2F)CCN1CCc1ccccc1. The fourth-order valence-electron chi connectivity index (χ4n) is 2.82. The highest BCUT2D eigenvalue weighted by molar-refractivity contribution is 6.35. The first-order valence-corrected chi connectivity index (χ1v) is 8.00. The summed E-state index contributed by atoms with van der Waals surface area (Å²) in [4.78, 5) is 27.5. The number of carbonyl (C=O) groups is 2. The second-order valence-corrected chi connectivity index (χ2v) is 5.85. The van der Waals surface area contributed by atoms with Crippen LogP contribution >= 0.6 is 0 Å². The van der Waals surface area contributed by atoms with E-state index in [0.717, 1.165) is 5.56 Å². The summed E-state index contributed by atoms with van der Waals surface area (Å²) in [5.74, 6) is -1.42. The Morgan fingerprint density at radius 2 is 1.46 bits per heavy atom. The lowest BCUT2D eigenvalue weighted by Crippen LogP contribution is -2.54. The van der Waals surface area contributed by atoms with Crippen LogP contribution in [-0.4, -0.2) is 41.2 Å². The van der Waals surface area contributed by atoms with Gasteiger partial charge in [-0.15, -0.1) is 0 Å². The molecule has 24 heavy (non-hydrogen) atoms. The molecular formula is C19H19FN2O2. The van der Waals surface area contributed by atoms with Gasteiger partial charge in [0, 0.05) is 31.7 Å². The van der Waals surface area contributed by atoms with Gasteiger partial charge in [0.15, 0.2) is 0 Å². The van der Waals surface area contributed by atoms with Crippen molar-refractivity contribution < 1.29 is 14.0 Å². The summed E-state index contributed by atoms with van der Waals surface area (Å²) in [6, 6.07) is 16.2. The third-order valence-corrected chi connectivity index (χ3v) is 4.23. The van der Waals surface area contributed by atoms with Gasteiger partial charge in [0.05, 0.1) is 0 Å². The van der Waals surface area contributed by atoms with Crippen LogP contribution in [0.25, 0.3) is 0 Å². The monoisotopic (exact) mass is 326 g/mol. The summed E-state index contributed by atoms with van der Waals surface area (Å²) < 4.78 is 13.7. The first-order valence-electron chi connectivity index (χ1n) is 8.00. The van der Waals surface area contributed by atoms with Crippen molar-refractivity contribution in [2.24, 2.45) is 0 Å². The van der Waals surface area contributed by atoms with E-state index in [-0.39, 0.29) is 12.4 Å². The number of nitrogens with zero attached hydrogens (tertiary/aromatic N) is 2. The Labute approximate surface area is 140 Å². The number of hydrogen-bond donors (Lipinski definition) is 0. The molecule has 0 atom stereocenters. The molecule has 1 saturated heterocycles. The molecule has 1 fully saturated rings. The molecular weight excluding hydrogens is 307 g/mol. The van der Waals surface area contributed by atoms with Gasteiger partial charge in [-0.05, 0) is 18.1 Å². The number of hydrogen-bond acceptors (Lipinski definition) is 2. The van der Waals surface area contributed by atoms with Gasteiger partial charge in [-0.2, -0.15) is 0 Å². The lowest BCUT2D eigenvalue weighted by molar-refractivity contribution is -0.156. The van der Waals surface area contributed by atoms with Crippen LogP contribution in [0.3, 0.4) is 0 Å². The van der Waals surface area contributed by atoms with Gasteiger partial charge in [-0.3, -0.25) is 9.59 Å². The number of carbonyl (C=O) groups excluding carboxylic acids is 2. The van der Waals surface area contributed by atoms with Crippen LogP contribution in [-0.2, 0) is 22.6 Å². The molecule has 0 N–H and O–H groups in total. The van der Waals surface area contributed by atoms with Gasteiger partial charge in [0.1, 0.15) is 5.82 Å². The summed E-state index contributed by atoms with van der Waals surface area (Å²) in [5.41, 5.74) is 1.56. The number of amides is 2. The van der Waals surface area contributed by atoms with Gasteiger partial charge in [0.25, 0.3) is 0 Å². The minimum Gasteiger partial charge on any atom is -0.332 e. The molecule has 5 heteroatoms. The highest BCUT2D eigenvalue weighted by Crippen LogP contribution is 2.14. The van der Waals surface area contributed by atoms with Crippen molar-refractivity contribution in [1.29, 1.82) is 0 Å². The molecule has 1 aliphatic heterocycles. The Bertz CT molecular complexity index is 733. The van der Waals surface area contributed by atoms with E-state index in [0.29, 0.717) is 31.6 Å². The van der Waals surface area contributed by atoms with Crippen molar-refractivity contribution in [2.75, 3.05) is 19.6 Å². The molecule has 0 unspecified atom stereocenters. The van der Waals surface area contributed by atoms with E-state index in [9.17, 15) is 14.0 Å². The van der Waals surface area contributed by atoms with Crippen molar-refractivity contribution in [2.45, 2.75) is 13.0 Å². The van der Waals surface area contributed by atoms with Crippen LogP contribution in [0.4, 0.5) is 4.39 Å². The summed E-state index contributed by atoms with van der Waals surface area (Å²) in [7, 11) is 0. The van der Waals surface area contributed by atoms with E-state index in [1.165, 1.54) is 11.0 Å². The molecule has 124 valence electrons. The highest BCUT2D eigenvalue weighted by Gasteiger charge is 2.32. The van der Waals surface area contributed by atoms with E-state index in [1.54, 1.807) is 23.1 Å². The summed E-state index contributed by atoms with van der Waals surface area (Å²) in [6.07, 6.45) is 0.715. The minimum atomic E-state index is -0.558. The maximum absolute atomic E-state index is 13.7. The van der Waals surface area contributed by atoms with Crippen LogP contribution in [0.2, 0.25) is 0 Å². The molecule has 0 radical (unpaired) electrons. The van der Waals surface area contributed by atoms with Crippen LogP contribution < -0.4 is 0 Å². The van der Waals surface area contributed by atoms with Crippen LogP contribution in [0.5, 0.6) is 0 Å². The second kappa shape index (κ2) is 7.25. The van der Waals surface area contributed by atoms with E-state index in [2.05, 4.69) is 0 Å². The first-order chi connectivity index (χ1) is 11.6. The normalized spacial score (nSPS) is 15.0. The Balaban J connectivity index is 1.59. The predicted octanol–water partition coefficient (Wildman–Crippen LogP) is 2.24. The molecule has 1 heterocycles. The van der Waals surface area contributed by atoms with Gasteiger partial charge < -0.3 is 9.80 Å². The summed E-state index contributed by atoms with van der Waals surface area (Å²) in [5, 5.41) is 0. The predicted molar refractivity (Wildman–Crippen MR) is 88.5 cm³/mol. The fourth-order valence-corrected chi connectivity index (χ4v) is 2.82. The fraction of sp³-hybridized carbons (Fsp3) is 0.263. The lowest BCUT2D eigenvalue weighted by atomic mass is 10.1. The number of rotatable bonds is 5. The standard InChI is InChI=1S/C19H19FN2O2/c20-17-9-5-4-8-16(17)14-22-13-12-21(18(23)19(22)24)11-10-15-6-2-1-3-7-15/h1-9H,10-14H2. The number of halogens is 1. The third kappa shape index (κ3) is 3.62. The summed E-state index contributed by atoms with van der Waals surface area (Å²) >= 11 is 0. The van der Waals surface area contributed by atoms with Crippen molar-refractivity contribution in [3.05, 3.63) is 71.5 Å². The molecule has 2 aromatic carbocycles. The molecule has 0 bridgehead atoms. The van der Waals surface area contributed by atoms with Gasteiger partial charge in [-0.1, -0.05) is 48.5 Å². The first kappa shape index (κ1) is 16.2. The average molecular weight is 326 g/mol. The zero-order valence-electron chi connectivity index (χ0n) is 13.3. The smallest absolute Gasteiger partial charge is 0.312 e. The molecule has 0 spiro atoms. The Morgan fingerprint density at radius 1 is 0.833 bits per heavy atom. The zero-order chi connectivity index (χ0) is 16.9. The molecule has 2 aromatic rings. The molecule has 0 saturated carbocycles. The van der Waals surface area contributed by atoms with Gasteiger partial charge >= 0.3 is 11.8 Å². The Kier molecular flexibility index (Phi) is 4.89. The van der Waals surface area contributed by atoms with E-state index in [4.69, 9.17) is 0 Å². The number of piperazine rings is 1. The van der Waals surface area contributed by atoms with Crippen LogP contribution in [0.15, 0.2) is 54.6 Å². The second-order valence-electron chi connectivity index (χ2n) is 5.85. The molecule has 4 nitrogen and oxygen atoms in total. The quantitative estimate of drug-likeness (QED) is 0.791. The van der Waals surface area contributed by atoms with Crippen LogP contribution in [0, 0.1) is 5.82 Å². The molecule has 0 aromatic heterocycles. The van der Waals surface area contributed by atoms with E-state index < -0.39 is 11.8 Å². The van der Waals surface area contributed by atoms with Crippen molar-refractivity contribution in [1.82, 2.24) is 9.80 Å². The molecule has 1 aliphatic rings. The van der Waals surface area contributed by atoms with Crippen molar-refractivity contribution in [3.63, 3.8) is 0 Å². The third-order valence-electron chi connectivity index (χ3n) is 4.23. The topological polar surface area (TPSA) is 40.6 Å². The van der Waals surface area contributed by atoms with Crippen molar-refractivity contribution in [3.8, 4) is 0 Å². The summed E-state index contributed by atoms with van der Waals surface area (Å²) in [6.45, 7) is 1.55.